The van der Waals surface area contributed by atoms with Crippen LogP contribution in [0.2, 0.25) is 0 Å². The van der Waals surface area contributed by atoms with E-state index in [4.69, 9.17) is 5.11 Å². The third kappa shape index (κ3) is 2.18. The lowest BCUT2D eigenvalue weighted by Gasteiger charge is -2.05. The summed E-state index contributed by atoms with van der Waals surface area (Å²) in [4.78, 5) is 21.7. The minimum Gasteiger partial charge on any atom is -0.480 e. The van der Waals surface area contributed by atoms with E-state index in [1.54, 1.807) is 6.92 Å². The van der Waals surface area contributed by atoms with E-state index >= 15 is 0 Å². The molecule has 0 aliphatic rings. The minimum absolute atomic E-state index is 0.373. The first kappa shape index (κ1) is 10.4. The quantitative estimate of drug-likeness (QED) is 0.749. The Balaban J connectivity index is 3.17. The van der Waals surface area contributed by atoms with Gasteiger partial charge in [0, 0.05) is 6.07 Å². The van der Waals surface area contributed by atoms with Gasteiger partial charge in [-0.05, 0) is 18.9 Å². The van der Waals surface area contributed by atoms with Crippen LogP contribution in [-0.4, -0.2) is 20.9 Å². The Morgan fingerprint density at radius 1 is 1.64 bits per heavy atom. The molecule has 0 saturated carbocycles. The van der Waals surface area contributed by atoms with E-state index in [0.717, 1.165) is 15.9 Å². The first-order chi connectivity index (χ1) is 6.54. The highest BCUT2D eigenvalue weighted by atomic mass is 16.4. The lowest BCUT2D eigenvalue weighted by molar-refractivity contribution is -0.138. The van der Waals surface area contributed by atoms with Crippen LogP contribution in [0.3, 0.4) is 0 Å². The molecule has 76 valence electrons. The second-order valence-electron chi connectivity index (χ2n) is 3.02. The highest BCUT2D eigenvalue weighted by molar-refractivity contribution is 5.66. The van der Waals surface area contributed by atoms with Gasteiger partial charge in [0.15, 0.2) is 0 Å². The number of aryl methyl sites for hydroxylation is 2. The van der Waals surface area contributed by atoms with Crippen molar-refractivity contribution in [1.82, 2.24) is 9.78 Å². The van der Waals surface area contributed by atoms with Crippen molar-refractivity contribution >= 4 is 5.97 Å². The number of carboxylic acid groups (broad SMARTS) is 1. The van der Waals surface area contributed by atoms with Crippen LogP contribution in [0.1, 0.15) is 18.2 Å². The van der Waals surface area contributed by atoms with Gasteiger partial charge in [-0.25, -0.2) is 4.68 Å². The average Bonchev–Trinajstić information content (AvgIpc) is 2.09. The maximum Gasteiger partial charge on any atom is 0.325 e. The molecule has 0 bridgehead atoms. The van der Waals surface area contributed by atoms with Crippen LogP contribution >= 0.6 is 0 Å². The van der Waals surface area contributed by atoms with Gasteiger partial charge >= 0.3 is 5.97 Å². The van der Waals surface area contributed by atoms with Gasteiger partial charge in [0.2, 0.25) is 0 Å². The summed E-state index contributed by atoms with van der Waals surface area (Å²) in [6.45, 7) is 3.31. The van der Waals surface area contributed by atoms with Gasteiger partial charge in [0.25, 0.3) is 5.56 Å². The Labute approximate surface area is 81.0 Å². The standard InChI is InChI=1S/C9H12N2O3/c1-3-7-6(2)4-8(12)11(10-7)5-9(13)14/h4H,3,5H2,1-2H3,(H,13,14). The third-order valence-corrected chi connectivity index (χ3v) is 1.91. The molecule has 5 nitrogen and oxygen atoms in total. The molecule has 0 spiro atoms. The number of aromatic nitrogens is 2. The molecule has 0 saturated heterocycles. The molecule has 1 aromatic rings. The van der Waals surface area contributed by atoms with Gasteiger partial charge < -0.3 is 5.11 Å². The Morgan fingerprint density at radius 2 is 2.29 bits per heavy atom. The fraction of sp³-hybridized carbons (Fsp3) is 0.444. The van der Waals surface area contributed by atoms with Crippen molar-refractivity contribution in [3.63, 3.8) is 0 Å². The number of carbonyl (C=O) groups is 1. The maximum absolute atomic E-state index is 11.3. The normalized spacial score (nSPS) is 10.1. The van der Waals surface area contributed by atoms with Gasteiger partial charge in [0.1, 0.15) is 6.54 Å². The fourth-order valence-electron chi connectivity index (χ4n) is 1.21. The van der Waals surface area contributed by atoms with Crippen LogP contribution in [-0.2, 0) is 17.8 Å². The van der Waals surface area contributed by atoms with Crippen molar-refractivity contribution in [2.45, 2.75) is 26.8 Å². The molecule has 0 radical (unpaired) electrons. The monoisotopic (exact) mass is 196 g/mol. The van der Waals surface area contributed by atoms with Gasteiger partial charge in [-0.2, -0.15) is 5.10 Å². The van der Waals surface area contributed by atoms with Gasteiger partial charge in [-0.15, -0.1) is 0 Å². The van der Waals surface area contributed by atoms with E-state index in [-0.39, 0.29) is 12.1 Å². The summed E-state index contributed by atoms with van der Waals surface area (Å²) in [6.07, 6.45) is 0.686. The molecule has 0 aliphatic carbocycles. The summed E-state index contributed by atoms with van der Waals surface area (Å²) >= 11 is 0. The lowest BCUT2D eigenvalue weighted by atomic mass is 10.2. The van der Waals surface area contributed by atoms with Crippen molar-refractivity contribution in [2.75, 3.05) is 0 Å². The van der Waals surface area contributed by atoms with E-state index < -0.39 is 5.97 Å². The molecule has 0 unspecified atom stereocenters. The zero-order chi connectivity index (χ0) is 10.7. The Morgan fingerprint density at radius 3 is 2.79 bits per heavy atom. The van der Waals surface area contributed by atoms with E-state index in [1.165, 1.54) is 6.07 Å². The highest BCUT2D eigenvalue weighted by Gasteiger charge is 2.06. The first-order valence-corrected chi connectivity index (χ1v) is 4.34. The summed E-state index contributed by atoms with van der Waals surface area (Å²) in [5.74, 6) is -1.06. The molecule has 1 heterocycles. The van der Waals surface area contributed by atoms with Crippen LogP contribution in [0.5, 0.6) is 0 Å². The molecular formula is C9H12N2O3. The first-order valence-electron chi connectivity index (χ1n) is 4.34. The molecule has 0 aliphatic heterocycles. The zero-order valence-electron chi connectivity index (χ0n) is 8.15. The van der Waals surface area contributed by atoms with Gasteiger partial charge in [-0.1, -0.05) is 6.92 Å². The SMILES string of the molecule is CCc1nn(CC(=O)O)c(=O)cc1C. The summed E-state index contributed by atoms with van der Waals surface area (Å²) in [5, 5.41) is 12.5. The van der Waals surface area contributed by atoms with Crippen LogP contribution < -0.4 is 5.56 Å². The molecule has 1 N–H and O–H groups in total. The van der Waals surface area contributed by atoms with E-state index in [2.05, 4.69) is 5.10 Å². The van der Waals surface area contributed by atoms with Crippen LogP contribution in [0.4, 0.5) is 0 Å². The summed E-state index contributed by atoms with van der Waals surface area (Å²) in [7, 11) is 0. The summed E-state index contributed by atoms with van der Waals surface area (Å²) in [5.41, 5.74) is 1.19. The van der Waals surface area contributed by atoms with Gasteiger partial charge in [0.05, 0.1) is 5.69 Å². The molecular weight excluding hydrogens is 184 g/mol. The van der Waals surface area contributed by atoms with Gasteiger partial charge in [-0.3, -0.25) is 9.59 Å². The predicted octanol–water partition coefficient (Wildman–Crippen LogP) is 0.199. The molecule has 14 heavy (non-hydrogen) atoms. The number of hydrogen-bond acceptors (Lipinski definition) is 3. The summed E-state index contributed by atoms with van der Waals surface area (Å²) < 4.78 is 0.966. The number of rotatable bonds is 3. The fourth-order valence-corrected chi connectivity index (χ4v) is 1.21. The van der Waals surface area contributed by atoms with Crippen LogP contribution in [0.15, 0.2) is 10.9 Å². The Bertz CT molecular complexity index is 409. The van der Waals surface area contributed by atoms with Crippen molar-refractivity contribution in [2.24, 2.45) is 0 Å². The number of hydrogen-bond donors (Lipinski definition) is 1. The van der Waals surface area contributed by atoms with Crippen LogP contribution in [0, 0.1) is 6.92 Å². The van der Waals surface area contributed by atoms with Crippen molar-refractivity contribution in [3.05, 3.63) is 27.7 Å². The van der Waals surface area contributed by atoms with Crippen molar-refractivity contribution < 1.29 is 9.90 Å². The maximum atomic E-state index is 11.3. The lowest BCUT2D eigenvalue weighted by Crippen LogP contribution is -2.27. The van der Waals surface area contributed by atoms with E-state index in [1.807, 2.05) is 6.92 Å². The smallest absolute Gasteiger partial charge is 0.325 e. The van der Waals surface area contributed by atoms with Crippen LogP contribution in [0.25, 0.3) is 0 Å². The molecule has 0 amide bonds. The second-order valence-corrected chi connectivity index (χ2v) is 3.02. The Hall–Kier alpha value is -1.65. The van der Waals surface area contributed by atoms with E-state index in [9.17, 15) is 9.59 Å². The molecule has 0 atom stereocenters. The third-order valence-electron chi connectivity index (χ3n) is 1.91. The molecule has 5 heteroatoms. The van der Waals surface area contributed by atoms with Crippen molar-refractivity contribution in [3.8, 4) is 0 Å². The highest BCUT2D eigenvalue weighted by Crippen LogP contribution is 2.00. The average molecular weight is 196 g/mol. The number of nitrogens with zero attached hydrogens (tertiary/aromatic N) is 2. The number of carboxylic acids is 1. The Kier molecular flexibility index (Phi) is 3.01. The molecule has 1 rings (SSSR count). The molecule has 0 aromatic carbocycles. The topological polar surface area (TPSA) is 72.2 Å². The number of aliphatic carboxylic acids is 1. The molecule has 1 aromatic heterocycles. The zero-order valence-corrected chi connectivity index (χ0v) is 8.15. The largest absolute Gasteiger partial charge is 0.480 e. The van der Waals surface area contributed by atoms with E-state index in [0.29, 0.717) is 6.42 Å². The predicted molar refractivity (Wildman–Crippen MR) is 50.2 cm³/mol. The summed E-state index contributed by atoms with van der Waals surface area (Å²) in [6, 6.07) is 1.41. The molecule has 0 fully saturated rings. The van der Waals surface area contributed by atoms with Crippen molar-refractivity contribution in [1.29, 1.82) is 0 Å². The second kappa shape index (κ2) is 4.04. The minimum atomic E-state index is -1.06.